The topological polar surface area (TPSA) is 87.9 Å². The van der Waals surface area contributed by atoms with Crippen LogP contribution in [0.4, 0.5) is 0 Å². The van der Waals surface area contributed by atoms with Crippen molar-refractivity contribution in [3.05, 3.63) is 24.3 Å². The predicted octanol–water partition coefficient (Wildman–Crippen LogP) is 0.814. The highest BCUT2D eigenvalue weighted by molar-refractivity contribution is 5.73. The molecule has 5 atom stereocenters. The number of benzene rings is 1. The van der Waals surface area contributed by atoms with Crippen LogP contribution in [0.3, 0.4) is 0 Å². The molecule has 8 nitrogen and oxygen atoms in total. The minimum Gasteiger partial charge on any atom is -0.369 e. The zero-order chi connectivity index (χ0) is 16.2. The second-order valence-corrected chi connectivity index (χ2v) is 6.21. The summed E-state index contributed by atoms with van der Waals surface area (Å²) < 4.78 is 24.3. The highest BCUT2D eigenvalue weighted by atomic mass is 16.8. The summed E-state index contributed by atoms with van der Waals surface area (Å²) in [5, 5.41) is 18.9. The van der Waals surface area contributed by atoms with Gasteiger partial charge in [0.1, 0.15) is 23.8 Å². The van der Waals surface area contributed by atoms with Crippen molar-refractivity contribution in [2.75, 3.05) is 7.11 Å². The number of aromatic nitrogens is 3. The number of ether oxygens (including phenoxy) is 4. The van der Waals surface area contributed by atoms with E-state index in [4.69, 9.17) is 18.9 Å². The molecule has 2 saturated heterocycles. The number of aliphatic hydroxyl groups is 1. The minimum atomic E-state index is -1.06. The van der Waals surface area contributed by atoms with Crippen LogP contribution in [0.15, 0.2) is 24.3 Å². The molecule has 0 saturated carbocycles. The maximum absolute atomic E-state index is 10.8. The first kappa shape index (κ1) is 15.0. The van der Waals surface area contributed by atoms with E-state index < -0.39 is 36.6 Å². The monoisotopic (exact) mass is 321 g/mol. The Morgan fingerprint density at radius 3 is 2.78 bits per heavy atom. The molecular weight excluding hydrogens is 302 g/mol. The van der Waals surface area contributed by atoms with E-state index in [0.29, 0.717) is 5.52 Å². The predicted molar refractivity (Wildman–Crippen MR) is 78.3 cm³/mol. The molecule has 3 heterocycles. The van der Waals surface area contributed by atoms with Crippen molar-refractivity contribution >= 4 is 11.0 Å². The molecule has 1 aromatic heterocycles. The van der Waals surface area contributed by atoms with Gasteiger partial charge in [0.15, 0.2) is 18.3 Å². The van der Waals surface area contributed by atoms with Crippen molar-refractivity contribution in [2.45, 2.75) is 50.5 Å². The highest BCUT2D eigenvalue weighted by Crippen LogP contribution is 2.41. The smallest absolute Gasteiger partial charge is 0.186 e. The molecular formula is C15H19N3O5. The molecule has 1 aromatic carbocycles. The standard InChI is InChI=1S/C15H19N3O5/c1-15(2)22-10-11(21-14(20-3)12(10)23-15)13(19)18-9-7-5-4-6-8(9)16-17-18/h4-7,10-14,19H,1-3H3/t10-,11+,12-,13?,14-/m1/s1. The summed E-state index contributed by atoms with van der Waals surface area (Å²) in [7, 11) is 1.54. The fourth-order valence-corrected chi connectivity index (χ4v) is 3.24. The summed E-state index contributed by atoms with van der Waals surface area (Å²) in [4.78, 5) is 0. The quantitative estimate of drug-likeness (QED) is 0.895. The summed E-state index contributed by atoms with van der Waals surface area (Å²) in [6, 6.07) is 7.41. The zero-order valence-electron chi connectivity index (χ0n) is 13.1. The van der Waals surface area contributed by atoms with Crippen molar-refractivity contribution in [3.8, 4) is 0 Å². The van der Waals surface area contributed by atoms with Crippen molar-refractivity contribution in [1.82, 2.24) is 15.0 Å². The Morgan fingerprint density at radius 2 is 2.00 bits per heavy atom. The number of fused-ring (bicyclic) bond motifs is 2. The molecule has 8 heteroatoms. The number of para-hydroxylation sites is 1. The lowest BCUT2D eigenvalue weighted by atomic mass is 10.1. The minimum absolute atomic E-state index is 0.399. The van der Waals surface area contributed by atoms with Gasteiger partial charge in [-0.3, -0.25) is 0 Å². The van der Waals surface area contributed by atoms with Crippen LogP contribution in [-0.2, 0) is 18.9 Å². The van der Waals surface area contributed by atoms with E-state index in [0.717, 1.165) is 5.52 Å². The molecule has 0 spiro atoms. The van der Waals surface area contributed by atoms with E-state index in [1.165, 1.54) is 11.8 Å². The fraction of sp³-hybridized carbons (Fsp3) is 0.600. The van der Waals surface area contributed by atoms with E-state index in [1.807, 2.05) is 38.1 Å². The third kappa shape index (κ3) is 2.34. The van der Waals surface area contributed by atoms with E-state index in [2.05, 4.69) is 10.3 Å². The summed E-state index contributed by atoms with van der Waals surface area (Å²) in [5.41, 5.74) is 1.42. The van der Waals surface area contributed by atoms with Crippen LogP contribution in [0.5, 0.6) is 0 Å². The Hall–Kier alpha value is -1.58. The summed E-state index contributed by atoms with van der Waals surface area (Å²) in [6.45, 7) is 3.65. The normalized spacial score (nSPS) is 33.9. The molecule has 2 fully saturated rings. The van der Waals surface area contributed by atoms with Gasteiger partial charge < -0.3 is 24.1 Å². The van der Waals surface area contributed by atoms with Gasteiger partial charge in [0.2, 0.25) is 0 Å². The molecule has 1 N–H and O–H groups in total. The van der Waals surface area contributed by atoms with Crippen LogP contribution >= 0.6 is 0 Å². The summed E-state index contributed by atoms with van der Waals surface area (Å²) >= 11 is 0. The third-order valence-electron chi connectivity index (χ3n) is 4.20. The van der Waals surface area contributed by atoms with Crippen LogP contribution in [0.25, 0.3) is 11.0 Å². The zero-order valence-corrected chi connectivity index (χ0v) is 13.1. The van der Waals surface area contributed by atoms with Crippen molar-refractivity contribution < 1.29 is 24.1 Å². The second kappa shape index (κ2) is 5.22. The van der Waals surface area contributed by atoms with Gasteiger partial charge in [-0.2, -0.15) is 0 Å². The number of aliphatic hydroxyl groups excluding tert-OH is 1. The fourth-order valence-electron chi connectivity index (χ4n) is 3.24. The number of hydrogen-bond acceptors (Lipinski definition) is 7. The maximum atomic E-state index is 10.8. The maximum Gasteiger partial charge on any atom is 0.186 e. The molecule has 23 heavy (non-hydrogen) atoms. The van der Waals surface area contributed by atoms with Crippen molar-refractivity contribution in [2.24, 2.45) is 0 Å². The lowest BCUT2D eigenvalue weighted by Gasteiger charge is -2.26. The first-order chi connectivity index (χ1) is 11.0. The molecule has 0 aliphatic carbocycles. The molecule has 2 aromatic rings. The molecule has 0 radical (unpaired) electrons. The first-order valence-corrected chi connectivity index (χ1v) is 7.52. The molecule has 4 rings (SSSR count). The van der Waals surface area contributed by atoms with Crippen molar-refractivity contribution in [3.63, 3.8) is 0 Å². The van der Waals surface area contributed by atoms with Crippen LogP contribution < -0.4 is 0 Å². The number of hydrogen-bond donors (Lipinski definition) is 1. The molecule has 2 aliphatic rings. The average molecular weight is 321 g/mol. The summed E-state index contributed by atoms with van der Waals surface area (Å²) in [6.07, 6.45) is -3.18. The molecule has 0 bridgehead atoms. The number of nitrogens with zero attached hydrogens (tertiary/aromatic N) is 3. The van der Waals surface area contributed by atoms with Crippen molar-refractivity contribution in [1.29, 1.82) is 0 Å². The molecule has 124 valence electrons. The van der Waals surface area contributed by atoms with Crippen LogP contribution in [0, 0.1) is 0 Å². The highest BCUT2D eigenvalue weighted by Gasteiger charge is 2.58. The molecule has 1 unspecified atom stereocenters. The van der Waals surface area contributed by atoms with E-state index in [1.54, 1.807) is 0 Å². The SMILES string of the molecule is CO[C@@H]1O[C@H](C(O)n2nnc3ccccc32)[C@H]2OC(C)(C)O[C@@H]12. The second-order valence-electron chi connectivity index (χ2n) is 6.21. The molecule has 0 amide bonds. The molecule has 2 aliphatic heterocycles. The van der Waals surface area contributed by atoms with Crippen LogP contribution in [-0.4, -0.2) is 57.6 Å². The Labute approximate surface area is 132 Å². The lowest BCUT2D eigenvalue weighted by Crippen LogP contribution is -2.37. The number of methoxy groups -OCH3 is 1. The van der Waals surface area contributed by atoms with Gasteiger partial charge in [0.25, 0.3) is 0 Å². The Balaban J connectivity index is 1.67. The van der Waals surface area contributed by atoms with Gasteiger partial charge in [-0.25, -0.2) is 4.68 Å². The summed E-state index contributed by atoms with van der Waals surface area (Å²) in [5.74, 6) is -0.752. The largest absolute Gasteiger partial charge is 0.369 e. The van der Waals surface area contributed by atoms with Gasteiger partial charge in [0, 0.05) is 7.11 Å². The van der Waals surface area contributed by atoms with E-state index in [-0.39, 0.29) is 0 Å². The van der Waals surface area contributed by atoms with Gasteiger partial charge in [-0.05, 0) is 26.0 Å². The lowest BCUT2D eigenvalue weighted by molar-refractivity contribution is -0.243. The van der Waals surface area contributed by atoms with E-state index >= 15 is 0 Å². The van der Waals surface area contributed by atoms with Gasteiger partial charge >= 0.3 is 0 Å². The third-order valence-corrected chi connectivity index (χ3v) is 4.20. The van der Waals surface area contributed by atoms with Crippen LogP contribution in [0.1, 0.15) is 20.1 Å². The van der Waals surface area contributed by atoms with Gasteiger partial charge in [-0.1, -0.05) is 17.3 Å². The van der Waals surface area contributed by atoms with E-state index in [9.17, 15) is 5.11 Å². The Bertz CT molecular complexity index is 718. The number of rotatable bonds is 3. The first-order valence-electron chi connectivity index (χ1n) is 7.52. The van der Waals surface area contributed by atoms with Gasteiger partial charge in [-0.15, -0.1) is 5.10 Å². The Kier molecular flexibility index (Phi) is 3.40. The van der Waals surface area contributed by atoms with Gasteiger partial charge in [0.05, 0.1) is 5.52 Å². The Morgan fingerprint density at radius 1 is 1.26 bits per heavy atom. The van der Waals surface area contributed by atoms with Crippen LogP contribution in [0.2, 0.25) is 0 Å². The average Bonchev–Trinajstić information content (AvgIpc) is 3.16.